The van der Waals surface area contributed by atoms with Gasteiger partial charge in [-0.25, -0.2) is 0 Å². The van der Waals surface area contributed by atoms with Crippen molar-refractivity contribution in [2.24, 2.45) is 5.92 Å². The second kappa shape index (κ2) is 6.18. The van der Waals surface area contributed by atoms with Crippen molar-refractivity contribution >= 4 is 5.91 Å². The maximum absolute atomic E-state index is 12.8. The number of aromatic nitrogens is 1. The number of hydrogen-bond donors (Lipinski definition) is 1. The van der Waals surface area contributed by atoms with Crippen LogP contribution < -0.4 is 5.56 Å². The summed E-state index contributed by atoms with van der Waals surface area (Å²) >= 11 is 0. The van der Waals surface area contributed by atoms with Crippen LogP contribution in [-0.4, -0.2) is 28.9 Å². The van der Waals surface area contributed by atoms with E-state index in [9.17, 15) is 9.59 Å². The van der Waals surface area contributed by atoms with Gasteiger partial charge < -0.3 is 9.88 Å². The van der Waals surface area contributed by atoms with Crippen molar-refractivity contribution in [3.8, 4) is 11.1 Å². The van der Waals surface area contributed by atoms with Gasteiger partial charge in [-0.1, -0.05) is 37.3 Å². The molecule has 1 N–H and O–H groups in total. The van der Waals surface area contributed by atoms with E-state index >= 15 is 0 Å². The molecule has 2 aromatic rings. The van der Waals surface area contributed by atoms with Crippen molar-refractivity contribution in [1.82, 2.24) is 9.88 Å². The fourth-order valence-electron chi connectivity index (χ4n) is 2.92. The Hall–Kier alpha value is -2.36. The highest BCUT2D eigenvalue weighted by molar-refractivity contribution is 6.00. The second-order valence-electron chi connectivity index (χ2n) is 5.94. The molecule has 1 aliphatic rings. The van der Waals surface area contributed by atoms with Crippen molar-refractivity contribution in [2.45, 2.75) is 19.8 Å². The van der Waals surface area contributed by atoms with Crippen molar-refractivity contribution in [1.29, 1.82) is 0 Å². The van der Waals surface area contributed by atoms with Crippen LogP contribution in [0.4, 0.5) is 0 Å². The molecule has 1 amide bonds. The lowest BCUT2D eigenvalue weighted by Gasteiger charge is -2.30. The summed E-state index contributed by atoms with van der Waals surface area (Å²) in [5.74, 6) is 0.485. The summed E-state index contributed by atoms with van der Waals surface area (Å²) < 4.78 is 0. The van der Waals surface area contributed by atoms with Gasteiger partial charge in [-0.15, -0.1) is 0 Å². The first-order valence-electron chi connectivity index (χ1n) is 7.73. The number of nitrogens with one attached hydrogen (secondary N) is 1. The standard InChI is InChI=1S/C18H20N2O2/c1-13-8-11-20(12-9-13)18(22)16-15(7-10-19-17(16)21)14-5-3-2-4-6-14/h2-7,10,13H,8-9,11-12H2,1H3,(H,19,21). The number of piperidine rings is 1. The highest BCUT2D eigenvalue weighted by atomic mass is 16.2. The number of H-pyrrole nitrogens is 1. The molecule has 3 rings (SSSR count). The van der Waals surface area contributed by atoms with Crippen LogP contribution in [-0.2, 0) is 0 Å². The molecule has 1 aliphatic heterocycles. The minimum Gasteiger partial charge on any atom is -0.338 e. The fraction of sp³-hybridized carbons (Fsp3) is 0.333. The molecule has 0 spiro atoms. The van der Waals surface area contributed by atoms with Crippen molar-refractivity contribution < 1.29 is 4.79 Å². The molecular formula is C18H20N2O2. The van der Waals surface area contributed by atoms with Crippen LogP contribution in [0.5, 0.6) is 0 Å². The smallest absolute Gasteiger partial charge is 0.261 e. The number of aromatic amines is 1. The van der Waals surface area contributed by atoms with E-state index in [0.717, 1.165) is 31.5 Å². The topological polar surface area (TPSA) is 53.2 Å². The summed E-state index contributed by atoms with van der Waals surface area (Å²) in [5, 5.41) is 0. The van der Waals surface area contributed by atoms with Crippen LogP contribution in [0.25, 0.3) is 11.1 Å². The van der Waals surface area contributed by atoms with Gasteiger partial charge in [-0.05, 0) is 30.4 Å². The van der Waals surface area contributed by atoms with E-state index in [4.69, 9.17) is 0 Å². The molecule has 1 saturated heterocycles. The van der Waals surface area contributed by atoms with Crippen LogP contribution >= 0.6 is 0 Å². The average molecular weight is 296 g/mol. The number of amides is 1. The largest absolute Gasteiger partial charge is 0.338 e. The molecule has 4 heteroatoms. The third-order valence-electron chi connectivity index (χ3n) is 4.33. The van der Waals surface area contributed by atoms with E-state index in [1.54, 1.807) is 17.2 Å². The number of carbonyl (C=O) groups is 1. The van der Waals surface area contributed by atoms with E-state index in [1.165, 1.54) is 0 Å². The third kappa shape index (κ3) is 2.82. The Morgan fingerprint density at radius 3 is 2.50 bits per heavy atom. The van der Waals surface area contributed by atoms with Crippen LogP contribution in [0.3, 0.4) is 0 Å². The lowest BCUT2D eigenvalue weighted by atomic mass is 9.97. The van der Waals surface area contributed by atoms with Gasteiger partial charge in [0.2, 0.25) is 0 Å². The molecule has 1 fully saturated rings. The number of carbonyl (C=O) groups excluding carboxylic acids is 1. The number of pyridine rings is 1. The summed E-state index contributed by atoms with van der Waals surface area (Å²) in [6, 6.07) is 11.4. The number of rotatable bonds is 2. The molecule has 0 bridgehead atoms. The van der Waals surface area contributed by atoms with Gasteiger partial charge >= 0.3 is 0 Å². The Morgan fingerprint density at radius 2 is 1.82 bits per heavy atom. The van der Waals surface area contributed by atoms with E-state index < -0.39 is 0 Å². The first-order valence-corrected chi connectivity index (χ1v) is 7.73. The van der Waals surface area contributed by atoms with E-state index in [2.05, 4.69) is 11.9 Å². The Labute approximate surface area is 129 Å². The monoisotopic (exact) mass is 296 g/mol. The molecule has 1 aromatic carbocycles. The third-order valence-corrected chi connectivity index (χ3v) is 4.33. The summed E-state index contributed by atoms with van der Waals surface area (Å²) in [6.45, 7) is 3.65. The molecule has 0 atom stereocenters. The number of hydrogen-bond acceptors (Lipinski definition) is 2. The predicted octanol–water partition coefficient (Wildman–Crippen LogP) is 2.91. The van der Waals surface area contributed by atoms with Crippen LogP contribution in [0.1, 0.15) is 30.1 Å². The number of benzene rings is 1. The van der Waals surface area contributed by atoms with Gasteiger partial charge in [0.15, 0.2) is 0 Å². The zero-order valence-electron chi connectivity index (χ0n) is 12.7. The molecule has 1 aromatic heterocycles. The summed E-state index contributed by atoms with van der Waals surface area (Å²) in [6.07, 6.45) is 3.59. The van der Waals surface area contributed by atoms with Crippen LogP contribution in [0, 0.1) is 5.92 Å². The maximum atomic E-state index is 12.8. The first-order chi connectivity index (χ1) is 10.7. The second-order valence-corrected chi connectivity index (χ2v) is 5.94. The van der Waals surface area contributed by atoms with E-state index in [-0.39, 0.29) is 17.0 Å². The zero-order chi connectivity index (χ0) is 15.5. The normalized spacial score (nSPS) is 15.8. The quantitative estimate of drug-likeness (QED) is 0.926. The molecule has 22 heavy (non-hydrogen) atoms. The van der Waals surface area contributed by atoms with Crippen LogP contribution in [0.2, 0.25) is 0 Å². The molecule has 0 radical (unpaired) electrons. The van der Waals surface area contributed by atoms with Gasteiger partial charge in [0, 0.05) is 24.8 Å². The summed E-state index contributed by atoms with van der Waals surface area (Å²) in [4.78, 5) is 29.5. The SMILES string of the molecule is CC1CCN(C(=O)c2c(-c3ccccc3)cc[nH]c2=O)CC1. The zero-order valence-corrected chi connectivity index (χ0v) is 12.7. The van der Waals surface area contributed by atoms with Gasteiger partial charge in [-0.3, -0.25) is 9.59 Å². The Bertz CT molecular complexity index is 713. The lowest BCUT2D eigenvalue weighted by molar-refractivity contribution is 0.0696. The number of nitrogens with zero attached hydrogens (tertiary/aromatic N) is 1. The number of likely N-dealkylation sites (tertiary alicyclic amines) is 1. The minimum atomic E-state index is -0.315. The highest BCUT2D eigenvalue weighted by Gasteiger charge is 2.25. The molecule has 2 heterocycles. The summed E-state index contributed by atoms with van der Waals surface area (Å²) in [7, 11) is 0. The maximum Gasteiger partial charge on any atom is 0.261 e. The van der Waals surface area contributed by atoms with Crippen molar-refractivity contribution in [3.63, 3.8) is 0 Å². The Kier molecular flexibility index (Phi) is 4.09. The minimum absolute atomic E-state index is 0.160. The fourth-order valence-corrected chi connectivity index (χ4v) is 2.92. The molecular weight excluding hydrogens is 276 g/mol. The van der Waals surface area contributed by atoms with E-state index in [1.807, 2.05) is 30.3 Å². The first kappa shape index (κ1) is 14.6. The van der Waals surface area contributed by atoms with E-state index in [0.29, 0.717) is 11.5 Å². The highest BCUT2D eigenvalue weighted by Crippen LogP contribution is 2.24. The molecule has 4 nitrogen and oxygen atoms in total. The van der Waals surface area contributed by atoms with Crippen molar-refractivity contribution in [2.75, 3.05) is 13.1 Å². The summed E-state index contributed by atoms with van der Waals surface area (Å²) in [5.41, 5.74) is 1.53. The van der Waals surface area contributed by atoms with Gasteiger partial charge in [-0.2, -0.15) is 0 Å². The predicted molar refractivity (Wildman–Crippen MR) is 86.8 cm³/mol. The Morgan fingerprint density at radius 1 is 1.14 bits per heavy atom. The van der Waals surface area contributed by atoms with Crippen LogP contribution in [0.15, 0.2) is 47.4 Å². The Balaban J connectivity index is 2.00. The van der Waals surface area contributed by atoms with Gasteiger partial charge in [0.1, 0.15) is 5.56 Å². The van der Waals surface area contributed by atoms with Gasteiger partial charge in [0.25, 0.3) is 11.5 Å². The van der Waals surface area contributed by atoms with Gasteiger partial charge in [0.05, 0.1) is 0 Å². The average Bonchev–Trinajstić information content (AvgIpc) is 2.55. The van der Waals surface area contributed by atoms with Crippen molar-refractivity contribution in [3.05, 3.63) is 58.5 Å². The molecule has 0 aliphatic carbocycles. The molecule has 114 valence electrons. The molecule has 0 unspecified atom stereocenters. The molecule has 0 saturated carbocycles. The lowest BCUT2D eigenvalue weighted by Crippen LogP contribution is -2.40.